The van der Waals surface area contributed by atoms with Crippen LogP contribution >= 0.6 is 0 Å². The van der Waals surface area contributed by atoms with E-state index in [1.54, 1.807) is 0 Å². The quantitative estimate of drug-likeness (QED) is 0.841. The third-order valence-corrected chi connectivity index (χ3v) is 4.97. The maximum atomic E-state index is 12.9. The first-order valence-electron chi connectivity index (χ1n) is 9.21. The zero-order valence-corrected chi connectivity index (χ0v) is 15.7. The molecule has 1 aliphatic rings. The Hall–Kier alpha value is -2.82. The van der Waals surface area contributed by atoms with Crippen LogP contribution in [0, 0.1) is 5.92 Å². The number of carbonyl (C=O) groups is 2. The first-order valence-corrected chi connectivity index (χ1v) is 9.21. The second-order valence-corrected chi connectivity index (χ2v) is 7.50. The summed E-state index contributed by atoms with van der Waals surface area (Å²) in [5.74, 6) is -0.870. The SMILES string of the molecule is CC(C)CN(C(=O)OCc1ccccc1)C1(C(=O)O)Cc2ccccc2C1. The second kappa shape index (κ2) is 7.82. The van der Waals surface area contributed by atoms with E-state index in [0.717, 1.165) is 16.7 Å². The molecule has 0 heterocycles. The van der Waals surface area contributed by atoms with Crippen LogP contribution in [0.25, 0.3) is 0 Å². The van der Waals surface area contributed by atoms with Crippen molar-refractivity contribution in [1.82, 2.24) is 4.90 Å². The van der Waals surface area contributed by atoms with E-state index < -0.39 is 17.6 Å². The number of ether oxygens (including phenoxy) is 1. The lowest BCUT2D eigenvalue weighted by atomic mass is 9.92. The van der Waals surface area contributed by atoms with Gasteiger partial charge in [0.2, 0.25) is 0 Å². The Morgan fingerprint density at radius 3 is 2.11 bits per heavy atom. The molecule has 0 spiro atoms. The molecule has 0 radical (unpaired) electrons. The Bertz CT molecular complexity index is 791. The number of benzene rings is 2. The highest BCUT2D eigenvalue weighted by Crippen LogP contribution is 2.36. The van der Waals surface area contributed by atoms with Crippen molar-refractivity contribution in [2.24, 2.45) is 5.92 Å². The molecule has 2 aromatic rings. The van der Waals surface area contributed by atoms with E-state index in [1.807, 2.05) is 68.4 Å². The Kier molecular flexibility index (Phi) is 5.49. The Morgan fingerprint density at radius 2 is 1.59 bits per heavy atom. The molecule has 5 nitrogen and oxygen atoms in total. The summed E-state index contributed by atoms with van der Waals surface area (Å²) < 4.78 is 5.50. The van der Waals surface area contributed by atoms with E-state index in [0.29, 0.717) is 19.4 Å². The van der Waals surface area contributed by atoms with Gasteiger partial charge in [0.05, 0.1) is 0 Å². The van der Waals surface area contributed by atoms with Crippen LogP contribution in [-0.2, 0) is 29.0 Å². The number of carboxylic acid groups (broad SMARTS) is 1. The fraction of sp³-hybridized carbons (Fsp3) is 0.364. The van der Waals surface area contributed by atoms with Gasteiger partial charge >= 0.3 is 12.1 Å². The van der Waals surface area contributed by atoms with Crippen molar-refractivity contribution < 1.29 is 19.4 Å². The monoisotopic (exact) mass is 367 g/mol. The average Bonchev–Trinajstić information content (AvgIpc) is 3.05. The highest BCUT2D eigenvalue weighted by Gasteiger charge is 2.51. The molecule has 0 saturated carbocycles. The highest BCUT2D eigenvalue weighted by atomic mass is 16.6. The molecular formula is C22H25NO4. The van der Waals surface area contributed by atoms with Gasteiger partial charge in [-0.3, -0.25) is 4.90 Å². The van der Waals surface area contributed by atoms with E-state index in [9.17, 15) is 14.7 Å². The van der Waals surface area contributed by atoms with Crippen LogP contribution in [-0.4, -0.2) is 34.2 Å². The van der Waals surface area contributed by atoms with Gasteiger partial charge < -0.3 is 9.84 Å². The molecule has 27 heavy (non-hydrogen) atoms. The van der Waals surface area contributed by atoms with Gasteiger partial charge in [-0.1, -0.05) is 68.4 Å². The first-order chi connectivity index (χ1) is 12.9. The average molecular weight is 367 g/mol. The van der Waals surface area contributed by atoms with Crippen LogP contribution in [0.5, 0.6) is 0 Å². The minimum absolute atomic E-state index is 0.120. The Morgan fingerprint density at radius 1 is 1.04 bits per heavy atom. The van der Waals surface area contributed by atoms with Gasteiger partial charge in [0, 0.05) is 19.4 Å². The summed E-state index contributed by atoms with van der Waals surface area (Å²) in [6.07, 6.45) is 0.0138. The third-order valence-electron chi connectivity index (χ3n) is 4.97. The largest absolute Gasteiger partial charge is 0.479 e. The molecule has 0 saturated heterocycles. The highest BCUT2D eigenvalue weighted by molar-refractivity contribution is 5.86. The van der Waals surface area contributed by atoms with Crippen LogP contribution < -0.4 is 0 Å². The number of fused-ring (bicyclic) bond motifs is 1. The summed E-state index contributed by atoms with van der Waals surface area (Å²) in [4.78, 5) is 26.7. The molecule has 0 unspecified atom stereocenters. The van der Waals surface area contributed by atoms with E-state index >= 15 is 0 Å². The molecule has 0 fully saturated rings. The van der Waals surface area contributed by atoms with Crippen molar-refractivity contribution in [1.29, 1.82) is 0 Å². The summed E-state index contributed by atoms with van der Waals surface area (Å²) in [6, 6.07) is 17.1. The predicted octanol–water partition coefficient (Wildman–Crippen LogP) is 3.90. The van der Waals surface area contributed by atoms with E-state index in [4.69, 9.17) is 4.74 Å². The Balaban J connectivity index is 1.86. The summed E-state index contributed by atoms with van der Waals surface area (Å²) in [7, 11) is 0. The van der Waals surface area contributed by atoms with Gasteiger partial charge in [0.15, 0.2) is 5.54 Å². The molecule has 2 aromatic carbocycles. The molecule has 0 aromatic heterocycles. The number of amides is 1. The molecule has 1 amide bonds. The molecule has 5 heteroatoms. The fourth-order valence-electron chi connectivity index (χ4n) is 3.64. The van der Waals surface area contributed by atoms with Crippen molar-refractivity contribution in [2.45, 2.75) is 38.8 Å². The van der Waals surface area contributed by atoms with Crippen LogP contribution in [0.4, 0.5) is 4.79 Å². The van der Waals surface area contributed by atoms with Gasteiger partial charge in [-0.25, -0.2) is 9.59 Å². The standard InChI is InChI=1S/C22H25NO4/c1-16(2)14-23(21(26)27-15-17-8-4-3-5-9-17)22(20(24)25)12-18-10-6-7-11-19(18)13-22/h3-11,16H,12-15H2,1-2H3,(H,24,25). The van der Waals surface area contributed by atoms with Gasteiger partial charge in [0.25, 0.3) is 0 Å². The smallest absolute Gasteiger partial charge is 0.411 e. The van der Waals surface area contributed by atoms with Gasteiger partial charge in [0.1, 0.15) is 6.61 Å². The molecule has 3 rings (SSSR count). The lowest BCUT2D eigenvalue weighted by molar-refractivity contribution is -0.150. The lowest BCUT2D eigenvalue weighted by Gasteiger charge is -2.38. The van der Waals surface area contributed by atoms with E-state index in [-0.39, 0.29) is 12.5 Å². The molecule has 0 atom stereocenters. The minimum atomic E-state index is -1.30. The van der Waals surface area contributed by atoms with Gasteiger partial charge in [-0.05, 0) is 22.6 Å². The fourth-order valence-corrected chi connectivity index (χ4v) is 3.64. The predicted molar refractivity (Wildman–Crippen MR) is 102 cm³/mol. The maximum Gasteiger partial charge on any atom is 0.411 e. The van der Waals surface area contributed by atoms with Gasteiger partial charge in [-0.2, -0.15) is 0 Å². The normalized spacial score (nSPS) is 14.6. The molecule has 1 aliphatic carbocycles. The molecule has 142 valence electrons. The van der Waals surface area contributed by atoms with Crippen LogP contribution in [0.1, 0.15) is 30.5 Å². The van der Waals surface area contributed by atoms with Crippen molar-refractivity contribution in [3.05, 3.63) is 71.3 Å². The van der Waals surface area contributed by atoms with Crippen LogP contribution in [0.2, 0.25) is 0 Å². The number of aliphatic carboxylic acids is 1. The third kappa shape index (κ3) is 3.97. The van der Waals surface area contributed by atoms with E-state index in [1.165, 1.54) is 4.90 Å². The number of hydrogen-bond donors (Lipinski definition) is 1. The molecule has 0 bridgehead atoms. The summed E-state index contributed by atoms with van der Waals surface area (Å²) >= 11 is 0. The second-order valence-electron chi connectivity index (χ2n) is 7.50. The van der Waals surface area contributed by atoms with Crippen molar-refractivity contribution >= 4 is 12.1 Å². The minimum Gasteiger partial charge on any atom is -0.479 e. The number of nitrogens with zero attached hydrogens (tertiary/aromatic N) is 1. The zero-order valence-electron chi connectivity index (χ0n) is 15.7. The summed E-state index contributed by atoms with van der Waals surface area (Å²) in [5.41, 5.74) is 1.52. The van der Waals surface area contributed by atoms with Crippen molar-refractivity contribution in [3.63, 3.8) is 0 Å². The number of carboxylic acids is 1. The van der Waals surface area contributed by atoms with E-state index in [2.05, 4.69) is 0 Å². The topological polar surface area (TPSA) is 66.8 Å². The molecular weight excluding hydrogens is 342 g/mol. The van der Waals surface area contributed by atoms with Crippen molar-refractivity contribution in [2.75, 3.05) is 6.54 Å². The Labute approximate surface area is 159 Å². The van der Waals surface area contributed by atoms with Crippen LogP contribution in [0.15, 0.2) is 54.6 Å². The number of carbonyl (C=O) groups excluding carboxylic acids is 1. The first kappa shape index (κ1) is 19.0. The lowest BCUT2D eigenvalue weighted by Crippen LogP contribution is -2.59. The zero-order chi connectivity index (χ0) is 19.4. The molecule has 1 N–H and O–H groups in total. The maximum absolute atomic E-state index is 12.9. The van der Waals surface area contributed by atoms with Gasteiger partial charge in [-0.15, -0.1) is 0 Å². The summed E-state index contributed by atoms with van der Waals surface area (Å²) in [6.45, 7) is 4.38. The summed E-state index contributed by atoms with van der Waals surface area (Å²) in [5, 5.41) is 10.1. The number of rotatable bonds is 6. The molecule has 0 aliphatic heterocycles. The van der Waals surface area contributed by atoms with Crippen LogP contribution in [0.3, 0.4) is 0 Å². The van der Waals surface area contributed by atoms with Crippen molar-refractivity contribution in [3.8, 4) is 0 Å². The number of hydrogen-bond acceptors (Lipinski definition) is 3.